The van der Waals surface area contributed by atoms with Crippen LogP contribution >= 0.6 is 0 Å². The van der Waals surface area contributed by atoms with Crippen LogP contribution in [0.5, 0.6) is 0 Å². The van der Waals surface area contributed by atoms with Gasteiger partial charge in [0.05, 0.1) is 0 Å². The van der Waals surface area contributed by atoms with Crippen LogP contribution in [0.3, 0.4) is 0 Å². The van der Waals surface area contributed by atoms with Crippen molar-refractivity contribution in [2.24, 2.45) is 0 Å². The molecule has 4 nitrogen and oxygen atoms in total. The number of carbonyl (C=O) groups is 2. The van der Waals surface area contributed by atoms with Crippen molar-refractivity contribution in [2.75, 3.05) is 6.54 Å². The SMILES string of the molecule is CC(C)=CC(=O)NC1CCC(=O)NC1. The second kappa shape index (κ2) is 4.79. The van der Waals surface area contributed by atoms with Gasteiger partial charge < -0.3 is 10.6 Å². The summed E-state index contributed by atoms with van der Waals surface area (Å²) >= 11 is 0. The summed E-state index contributed by atoms with van der Waals surface area (Å²) < 4.78 is 0. The molecule has 2 N–H and O–H groups in total. The van der Waals surface area contributed by atoms with Gasteiger partial charge in [-0.3, -0.25) is 9.59 Å². The van der Waals surface area contributed by atoms with Gasteiger partial charge in [0.1, 0.15) is 0 Å². The summed E-state index contributed by atoms with van der Waals surface area (Å²) in [5.41, 5.74) is 0.974. The van der Waals surface area contributed by atoms with Gasteiger partial charge in [-0.25, -0.2) is 0 Å². The van der Waals surface area contributed by atoms with Crippen LogP contribution in [0, 0.1) is 0 Å². The molecule has 0 bridgehead atoms. The predicted molar refractivity (Wildman–Crippen MR) is 53.6 cm³/mol. The van der Waals surface area contributed by atoms with Gasteiger partial charge in [0.2, 0.25) is 11.8 Å². The molecule has 0 aromatic rings. The molecule has 1 aliphatic heterocycles. The van der Waals surface area contributed by atoms with E-state index >= 15 is 0 Å². The van der Waals surface area contributed by atoms with Crippen molar-refractivity contribution < 1.29 is 9.59 Å². The van der Waals surface area contributed by atoms with E-state index in [4.69, 9.17) is 0 Å². The van der Waals surface area contributed by atoms with Gasteiger partial charge in [0, 0.05) is 25.1 Å². The first kappa shape index (κ1) is 10.8. The lowest BCUT2D eigenvalue weighted by Crippen LogP contribution is -2.47. The molecule has 0 aromatic heterocycles. The summed E-state index contributed by atoms with van der Waals surface area (Å²) in [6.07, 6.45) is 2.80. The minimum Gasteiger partial charge on any atom is -0.354 e. The van der Waals surface area contributed by atoms with Gasteiger partial charge in [0.15, 0.2) is 0 Å². The monoisotopic (exact) mass is 196 g/mol. The standard InChI is InChI=1S/C10H16N2O2/c1-7(2)5-10(14)12-8-3-4-9(13)11-6-8/h5,8H,3-4,6H2,1-2H3,(H,11,13)(H,12,14). The van der Waals surface area contributed by atoms with E-state index in [-0.39, 0.29) is 17.9 Å². The van der Waals surface area contributed by atoms with Crippen molar-refractivity contribution in [2.45, 2.75) is 32.7 Å². The Hall–Kier alpha value is -1.32. The lowest BCUT2D eigenvalue weighted by atomic mass is 10.1. The van der Waals surface area contributed by atoms with Crippen molar-refractivity contribution in [3.63, 3.8) is 0 Å². The maximum atomic E-state index is 11.3. The zero-order valence-electron chi connectivity index (χ0n) is 8.59. The van der Waals surface area contributed by atoms with Crippen LogP contribution in [0.2, 0.25) is 0 Å². The minimum absolute atomic E-state index is 0.0673. The number of allylic oxidation sites excluding steroid dienone is 1. The third-order valence-electron chi connectivity index (χ3n) is 2.03. The molecule has 1 atom stereocenters. The molecular formula is C10H16N2O2. The first-order valence-electron chi connectivity index (χ1n) is 4.80. The smallest absolute Gasteiger partial charge is 0.244 e. The largest absolute Gasteiger partial charge is 0.354 e. The summed E-state index contributed by atoms with van der Waals surface area (Å²) in [5.74, 6) is -0.0103. The molecule has 0 radical (unpaired) electrons. The molecular weight excluding hydrogens is 180 g/mol. The maximum absolute atomic E-state index is 11.3. The molecule has 2 amide bonds. The van der Waals surface area contributed by atoms with E-state index < -0.39 is 0 Å². The Balaban J connectivity index is 2.34. The molecule has 14 heavy (non-hydrogen) atoms. The minimum atomic E-state index is -0.0776. The second-order valence-corrected chi connectivity index (χ2v) is 3.77. The van der Waals surface area contributed by atoms with Crippen LogP contribution < -0.4 is 10.6 Å². The summed E-state index contributed by atoms with van der Waals surface area (Å²) in [6, 6.07) is 0.0794. The zero-order valence-corrected chi connectivity index (χ0v) is 8.59. The van der Waals surface area contributed by atoms with Crippen LogP contribution in [-0.2, 0) is 9.59 Å². The van der Waals surface area contributed by atoms with Crippen molar-refractivity contribution in [3.8, 4) is 0 Å². The Bertz CT molecular complexity index is 257. The van der Waals surface area contributed by atoms with Crippen molar-refractivity contribution in [1.29, 1.82) is 0 Å². The summed E-state index contributed by atoms with van der Waals surface area (Å²) in [7, 11) is 0. The molecule has 1 saturated heterocycles. The van der Waals surface area contributed by atoms with Crippen molar-refractivity contribution >= 4 is 11.8 Å². The van der Waals surface area contributed by atoms with Crippen LogP contribution in [0.1, 0.15) is 26.7 Å². The van der Waals surface area contributed by atoms with Crippen molar-refractivity contribution in [1.82, 2.24) is 10.6 Å². The van der Waals surface area contributed by atoms with Crippen molar-refractivity contribution in [3.05, 3.63) is 11.6 Å². The fourth-order valence-corrected chi connectivity index (χ4v) is 1.36. The van der Waals surface area contributed by atoms with Gasteiger partial charge in [-0.15, -0.1) is 0 Å². The number of nitrogens with one attached hydrogen (secondary N) is 2. The number of hydrogen-bond donors (Lipinski definition) is 2. The first-order chi connectivity index (χ1) is 6.58. The third kappa shape index (κ3) is 3.60. The summed E-state index contributed by atoms with van der Waals surface area (Å²) in [4.78, 5) is 22.1. The molecule has 1 rings (SSSR count). The normalized spacial score (nSPS) is 21.0. The average Bonchev–Trinajstić information content (AvgIpc) is 2.07. The fourth-order valence-electron chi connectivity index (χ4n) is 1.36. The maximum Gasteiger partial charge on any atom is 0.244 e. The average molecular weight is 196 g/mol. The number of hydrogen-bond acceptors (Lipinski definition) is 2. The summed E-state index contributed by atoms with van der Waals surface area (Å²) in [6.45, 7) is 4.30. The molecule has 4 heteroatoms. The lowest BCUT2D eigenvalue weighted by molar-refractivity contribution is -0.124. The van der Waals surface area contributed by atoms with Gasteiger partial charge in [-0.05, 0) is 20.3 Å². The number of amides is 2. The lowest BCUT2D eigenvalue weighted by Gasteiger charge is -2.22. The highest BCUT2D eigenvalue weighted by Crippen LogP contribution is 2.02. The van der Waals surface area contributed by atoms with E-state index in [0.717, 1.165) is 12.0 Å². The summed E-state index contributed by atoms with van der Waals surface area (Å²) in [5, 5.41) is 5.56. The Morgan fingerprint density at radius 1 is 1.57 bits per heavy atom. The van der Waals surface area contributed by atoms with Crippen LogP contribution in [0.25, 0.3) is 0 Å². The molecule has 1 aliphatic rings. The van der Waals surface area contributed by atoms with E-state index in [1.807, 2.05) is 13.8 Å². The van der Waals surface area contributed by atoms with E-state index in [1.54, 1.807) is 6.08 Å². The third-order valence-corrected chi connectivity index (χ3v) is 2.03. The number of piperidine rings is 1. The van der Waals surface area contributed by atoms with Crippen LogP contribution in [-0.4, -0.2) is 24.4 Å². The Morgan fingerprint density at radius 3 is 2.79 bits per heavy atom. The topological polar surface area (TPSA) is 58.2 Å². The number of rotatable bonds is 2. The van der Waals surface area contributed by atoms with Gasteiger partial charge >= 0.3 is 0 Å². The van der Waals surface area contributed by atoms with E-state index in [1.165, 1.54) is 0 Å². The predicted octanol–water partition coefficient (Wildman–Crippen LogP) is 0.347. The molecule has 0 aliphatic carbocycles. The molecule has 1 fully saturated rings. The van der Waals surface area contributed by atoms with E-state index in [0.29, 0.717) is 13.0 Å². The van der Waals surface area contributed by atoms with Gasteiger partial charge in [-0.2, -0.15) is 0 Å². The van der Waals surface area contributed by atoms with E-state index in [9.17, 15) is 9.59 Å². The quantitative estimate of drug-likeness (QED) is 0.626. The first-order valence-corrected chi connectivity index (χ1v) is 4.80. The Kier molecular flexibility index (Phi) is 3.68. The van der Waals surface area contributed by atoms with Crippen LogP contribution in [0.15, 0.2) is 11.6 Å². The molecule has 78 valence electrons. The van der Waals surface area contributed by atoms with Gasteiger partial charge in [-0.1, -0.05) is 5.57 Å². The van der Waals surface area contributed by atoms with Crippen LogP contribution in [0.4, 0.5) is 0 Å². The molecule has 1 unspecified atom stereocenters. The fraction of sp³-hybridized carbons (Fsp3) is 0.600. The molecule has 0 spiro atoms. The van der Waals surface area contributed by atoms with Gasteiger partial charge in [0.25, 0.3) is 0 Å². The van der Waals surface area contributed by atoms with E-state index in [2.05, 4.69) is 10.6 Å². The highest BCUT2D eigenvalue weighted by molar-refractivity contribution is 5.88. The number of carbonyl (C=O) groups excluding carboxylic acids is 2. The highest BCUT2D eigenvalue weighted by atomic mass is 16.2. The Labute approximate surface area is 83.8 Å². The molecule has 0 aromatic carbocycles. The second-order valence-electron chi connectivity index (χ2n) is 3.77. The molecule has 1 heterocycles. The Morgan fingerprint density at radius 2 is 2.29 bits per heavy atom. The highest BCUT2D eigenvalue weighted by Gasteiger charge is 2.18. The molecule has 0 saturated carbocycles. The zero-order chi connectivity index (χ0) is 10.6.